The van der Waals surface area contributed by atoms with Crippen LogP contribution in [0.25, 0.3) is 5.70 Å². The molecule has 3 rings (SSSR count). The number of nitrogens with one attached hydrogen (secondary N) is 2. The average molecular weight is 385 g/mol. The Kier molecular flexibility index (Phi) is 6.73. The van der Waals surface area contributed by atoms with Gasteiger partial charge < -0.3 is 20.3 Å². The zero-order valence-electron chi connectivity index (χ0n) is 17.4. The fourth-order valence-electron chi connectivity index (χ4n) is 4.08. The van der Waals surface area contributed by atoms with Gasteiger partial charge in [-0.15, -0.1) is 0 Å². The van der Waals surface area contributed by atoms with Gasteiger partial charge in [0.25, 0.3) is 5.91 Å². The molecule has 28 heavy (non-hydrogen) atoms. The van der Waals surface area contributed by atoms with Crippen molar-refractivity contribution in [3.8, 4) is 0 Å². The third kappa shape index (κ3) is 4.93. The Morgan fingerprint density at radius 2 is 2.07 bits per heavy atom. The van der Waals surface area contributed by atoms with Gasteiger partial charge in [-0.25, -0.2) is 4.99 Å². The second-order valence-corrected chi connectivity index (χ2v) is 8.09. The van der Waals surface area contributed by atoms with Crippen LogP contribution in [0, 0.1) is 18.8 Å². The number of rotatable bonds is 5. The minimum absolute atomic E-state index is 0.0992. The molecule has 2 heterocycles. The Balaban J connectivity index is 1.93. The van der Waals surface area contributed by atoms with Gasteiger partial charge in [0.2, 0.25) is 0 Å². The first-order valence-electron chi connectivity index (χ1n) is 10.1. The van der Waals surface area contributed by atoms with Gasteiger partial charge in [0, 0.05) is 32.3 Å². The summed E-state index contributed by atoms with van der Waals surface area (Å²) in [5, 5.41) is 6.51. The molecule has 0 spiro atoms. The van der Waals surface area contributed by atoms with E-state index in [0.717, 1.165) is 35.5 Å². The quantitative estimate of drug-likeness (QED) is 0.765. The SMILES string of the molecule is COCCNC1=NC(c2cccc(C)c2)=C(C(=O)N2CC(C)CC(C)C2)CN1. The summed E-state index contributed by atoms with van der Waals surface area (Å²) in [7, 11) is 1.67. The normalized spacial score (nSPS) is 22.6. The molecule has 0 radical (unpaired) electrons. The van der Waals surface area contributed by atoms with E-state index < -0.39 is 0 Å². The summed E-state index contributed by atoms with van der Waals surface area (Å²) in [4.78, 5) is 20.2. The van der Waals surface area contributed by atoms with Crippen LogP contribution in [-0.4, -0.2) is 56.7 Å². The van der Waals surface area contributed by atoms with Gasteiger partial charge in [-0.2, -0.15) is 0 Å². The van der Waals surface area contributed by atoms with E-state index in [9.17, 15) is 4.79 Å². The average Bonchev–Trinajstić information content (AvgIpc) is 2.67. The number of ether oxygens (including phenoxy) is 1. The number of piperidine rings is 1. The Morgan fingerprint density at radius 3 is 2.75 bits per heavy atom. The van der Waals surface area contributed by atoms with Crippen LogP contribution in [0.15, 0.2) is 34.8 Å². The van der Waals surface area contributed by atoms with Gasteiger partial charge in [-0.3, -0.25) is 4.79 Å². The number of carbonyl (C=O) groups excluding carboxylic acids is 1. The topological polar surface area (TPSA) is 66.0 Å². The van der Waals surface area contributed by atoms with Gasteiger partial charge in [-0.1, -0.05) is 37.6 Å². The molecule has 0 bridgehead atoms. The molecule has 152 valence electrons. The molecule has 1 fully saturated rings. The maximum Gasteiger partial charge on any atom is 0.253 e. The Hall–Kier alpha value is -2.34. The Morgan fingerprint density at radius 1 is 1.32 bits per heavy atom. The minimum atomic E-state index is 0.0992. The Bertz CT molecular complexity index is 762. The van der Waals surface area contributed by atoms with Crippen molar-refractivity contribution in [1.82, 2.24) is 15.5 Å². The van der Waals surface area contributed by atoms with Gasteiger partial charge in [0.05, 0.1) is 24.4 Å². The van der Waals surface area contributed by atoms with E-state index in [-0.39, 0.29) is 5.91 Å². The lowest BCUT2D eigenvalue weighted by atomic mass is 9.91. The van der Waals surface area contributed by atoms with E-state index in [4.69, 9.17) is 9.73 Å². The van der Waals surface area contributed by atoms with Crippen molar-refractivity contribution in [3.05, 3.63) is 41.0 Å². The first kappa shape index (κ1) is 20.4. The number of nitrogens with zero attached hydrogens (tertiary/aromatic N) is 2. The summed E-state index contributed by atoms with van der Waals surface area (Å²) in [6.45, 7) is 9.87. The zero-order chi connectivity index (χ0) is 20.1. The number of benzene rings is 1. The van der Waals surface area contributed by atoms with Crippen molar-refractivity contribution in [2.75, 3.05) is 39.9 Å². The highest BCUT2D eigenvalue weighted by Crippen LogP contribution is 2.27. The van der Waals surface area contributed by atoms with Crippen molar-refractivity contribution >= 4 is 17.6 Å². The second kappa shape index (κ2) is 9.24. The summed E-state index contributed by atoms with van der Waals surface area (Å²) in [5.41, 5.74) is 3.64. The molecule has 1 aromatic rings. The Labute approximate surface area is 168 Å². The molecule has 1 aromatic carbocycles. The summed E-state index contributed by atoms with van der Waals surface area (Å²) in [6.07, 6.45) is 1.18. The maximum absolute atomic E-state index is 13.4. The standard InChI is InChI=1S/C22H32N4O2/c1-15-6-5-7-18(11-15)20-19(12-24-22(25-20)23-8-9-28-4)21(27)26-13-16(2)10-17(3)14-26/h5-7,11,16-17H,8-10,12-14H2,1-4H3,(H2,23,24,25). The van der Waals surface area contributed by atoms with Crippen molar-refractivity contribution in [2.45, 2.75) is 27.2 Å². The lowest BCUT2D eigenvalue weighted by Crippen LogP contribution is -2.47. The van der Waals surface area contributed by atoms with E-state index in [1.807, 2.05) is 17.0 Å². The number of amides is 1. The molecule has 2 aliphatic heterocycles. The monoisotopic (exact) mass is 384 g/mol. The lowest BCUT2D eigenvalue weighted by Gasteiger charge is -2.36. The van der Waals surface area contributed by atoms with E-state index in [0.29, 0.717) is 37.5 Å². The van der Waals surface area contributed by atoms with Crippen molar-refractivity contribution in [2.24, 2.45) is 16.8 Å². The van der Waals surface area contributed by atoms with Crippen LogP contribution in [0.5, 0.6) is 0 Å². The zero-order valence-corrected chi connectivity index (χ0v) is 17.4. The van der Waals surface area contributed by atoms with Gasteiger partial charge >= 0.3 is 0 Å². The summed E-state index contributed by atoms with van der Waals surface area (Å²) in [5.74, 6) is 1.84. The van der Waals surface area contributed by atoms with E-state index in [2.05, 4.69) is 43.5 Å². The molecule has 2 atom stereocenters. The van der Waals surface area contributed by atoms with Gasteiger partial charge in [-0.05, 0) is 31.2 Å². The lowest BCUT2D eigenvalue weighted by molar-refractivity contribution is -0.129. The highest BCUT2D eigenvalue weighted by atomic mass is 16.5. The summed E-state index contributed by atoms with van der Waals surface area (Å²) >= 11 is 0. The molecule has 6 heteroatoms. The van der Waals surface area contributed by atoms with E-state index >= 15 is 0 Å². The van der Waals surface area contributed by atoms with Crippen LogP contribution in [0.3, 0.4) is 0 Å². The summed E-state index contributed by atoms with van der Waals surface area (Å²) < 4.78 is 5.10. The van der Waals surface area contributed by atoms with Crippen molar-refractivity contribution in [3.63, 3.8) is 0 Å². The fourth-order valence-corrected chi connectivity index (χ4v) is 4.08. The molecule has 1 saturated heterocycles. The molecule has 0 aliphatic carbocycles. The van der Waals surface area contributed by atoms with Crippen LogP contribution in [-0.2, 0) is 9.53 Å². The highest BCUT2D eigenvalue weighted by Gasteiger charge is 2.30. The molecule has 2 unspecified atom stereocenters. The maximum atomic E-state index is 13.4. The largest absolute Gasteiger partial charge is 0.383 e. The summed E-state index contributed by atoms with van der Waals surface area (Å²) in [6, 6.07) is 8.19. The van der Waals surface area contributed by atoms with E-state index in [1.54, 1.807) is 7.11 Å². The number of aryl methyl sites for hydroxylation is 1. The number of guanidine groups is 1. The second-order valence-electron chi connectivity index (χ2n) is 8.09. The van der Waals surface area contributed by atoms with Crippen molar-refractivity contribution < 1.29 is 9.53 Å². The fraction of sp³-hybridized carbons (Fsp3) is 0.545. The van der Waals surface area contributed by atoms with Crippen LogP contribution >= 0.6 is 0 Å². The molecule has 6 nitrogen and oxygen atoms in total. The predicted octanol–water partition coefficient (Wildman–Crippen LogP) is 2.41. The predicted molar refractivity (Wildman–Crippen MR) is 113 cm³/mol. The number of hydrogen-bond donors (Lipinski definition) is 2. The number of hydrogen-bond acceptors (Lipinski definition) is 5. The minimum Gasteiger partial charge on any atom is -0.383 e. The first-order chi connectivity index (χ1) is 13.5. The first-order valence-corrected chi connectivity index (χ1v) is 10.1. The molecule has 1 amide bonds. The van der Waals surface area contributed by atoms with Crippen LogP contribution in [0.2, 0.25) is 0 Å². The molecule has 2 N–H and O–H groups in total. The third-order valence-electron chi connectivity index (χ3n) is 5.25. The number of carbonyl (C=O) groups is 1. The van der Waals surface area contributed by atoms with E-state index in [1.165, 1.54) is 6.42 Å². The smallest absolute Gasteiger partial charge is 0.253 e. The third-order valence-corrected chi connectivity index (χ3v) is 5.25. The van der Waals surface area contributed by atoms with Gasteiger partial charge in [0.1, 0.15) is 0 Å². The highest BCUT2D eigenvalue weighted by molar-refractivity contribution is 6.05. The van der Waals surface area contributed by atoms with Gasteiger partial charge in [0.15, 0.2) is 5.96 Å². The molecule has 0 aromatic heterocycles. The van der Waals surface area contributed by atoms with Crippen LogP contribution in [0.4, 0.5) is 0 Å². The molecular weight excluding hydrogens is 352 g/mol. The van der Waals surface area contributed by atoms with Crippen LogP contribution in [0.1, 0.15) is 31.4 Å². The molecular formula is C22H32N4O2. The molecule has 2 aliphatic rings. The number of methoxy groups -OCH3 is 1. The van der Waals surface area contributed by atoms with Crippen molar-refractivity contribution in [1.29, 1.82) is 0 Å². The molecule has 0 saturated carbocycles. The number of aliphatic imine (C=N–C) groups is 1. The number of likely N-dealkylation sites (tertiary alicyclic amines) is 1. The van der Waals surface area contributed by atoms with Crippen LogP contribution < -0.4 is 10.6 Å².